The molecule has 1 aromatic carbocycles. The van der Waals surface area contributed by atoms with Crippen LogP contribution in [0.25, 0.3) is 0 Å². The lowest BCUT2D eigenvalue weighted by molar-refractivity contribution is -0.136. The lowest BCUT2D eigenvalue weighted by Gasteiger charge is -2.15. The van der Waals surface area contributed by atoms with E-state index < -0.39 is 11.7 Å². The molecule has 8 heteroatoms. The molecule has 1 aromatic heterocycles. The molecular formula is C17H22F3N5. The first-order valence-corrected chi connectivity index (χ1v) is 7.93. The Morgan fingerprint density at radius 2 is 1.76 bits per heavy atom. The van der Waals surface area contributed by atoms with Gasteiger partial charge >= 0.3 is 6.18 Å². The zero-order valence-electron chi connectivity index (χ0n) is 14.5. The van der Waals surface area contributed by atoms with Gasteiger partial charge in [-0.3, -0.25) is 0 Å². The van der Waals surface area contributed by atoms with Gasteiger partial charge in [-0.1, -0.05) is 12.1 Å². The van der Waals surface area contributed by atoms with Crippen molar-refractivity contribution in [2.75, 3.05) is 37.8 Å². The smallest absolute Gasteiger partial charge is 0.370 e. The Morgan fingerprint density at radius 3 is 2.44 bits per heavy atom. The van der Waals surface area contributed by atoms with Gasteiger partial charge in [-0.25, -0.2) is 9.97 Å². The van der Waals surface area contributed by atoms with Gasteiger partial charge in [0.15, 0.2) is 0 Å². The lowest BCUT2D eigenvalue weighted by Crippen LogP contribution is -2.17. The molecule has 0 atom stereocenters. The molecule has 0 saturated carbocycles. The highest BCUT2D eigenvalue weighted by Crippen LogP contribution is 2.35. The molecule has 0 aliphatic heterocycles. The first-order chi connectivity index (χ1) is 11.8. The minimum Gasteiger partial charge on any atom is -0.370 e. The summed E-state index contributed by atoms with van der Waals surface area (Å²) in [6.07, 6.45) is -3.51. The molecule has 0 unspecified atom stereocenters. The first-order valence-electron chi connectivity index (χ1n) is 7.93. The van der Waals surface area contributed by atoms with Crippen molar-refractivity contribution in [3.8, 4) is 0 Å². The van der Waals surface area contributed by atoms with Crippen LogP contribution < -0.4 is 10.6 Å². The van der Waals surface area contributed by atoms with Crippen LogP contribution in [0.1, 0.15) is 17.8 Å². The highest BCUT2D eigenvalue weighted by atomic mass is 19.4. The molecule has 0 radical (unpaired) electrons. The molecule has 0 fully saturated rings. The second-order valence-corrected chi connectivity index (χ2v) is 5.94. The van der Waals surface area contributed by atoms with Crippen LogP contribution >= 0.6 is 0 Å². The summed E-state index contributed by atoms with van der Waals surface area (Å²) < 4.78 is 39.3. The monoisotopic (exact) mass is 353 g/mol. The van der Waals surface area contributed by atoms with Crippen molar-refractivity contribution in [3.05, 3.63) is 41.7 Å². The average molecular weight is 353 g/mol. The molecule has 0 amide bonds. The summed E-state index contributed by atoms with van der Waals surface area (Å²) in [5, 5.41) is 5.92. The minimum atomic E-state index is -4.43. The maximum Gasteiger partial charge on any atom is 0.418 e. The van der Waals surface area contributed by atoms with Crippen LogP contribution in [0, 0.1) is 6.92 Å². The maximum absolute atomic E-state index is 13.1. The summed E-state index contributed by atoms with van der Waals surface area (Å²) in [6.45, 7) is 3.35. The Labute approximate surface area is 145 Å². The Bertz CT molecular complexity index is 701. The second-order valence-electron chi connectivity index (χ2n) is 5.94. The summed E-state index contributed by atoms with van der Waals surface area (Å²) in [5.74, 6) is 1.38. The van der Waals surface area contributed by atoms with E-state index in [4.69, 9.17) is 0 Å². The maximum atomic E-state index is 13.1. The molecule has 1 heterocycles. The molecule has 0 saturated heterocycles. The van der Waals surface area contributed by atoms with Crippen LogP contribution in [0.5, 0.6) is 0 Å². The fourth-order valence-corrected chi connectivity index (χ4v) is 2.31. The van der Waals surface area contributed by atoms with Gasteiger partial charge in [0.1, 0.15) is 17.5 Å². The Kier molecular flexibility index (Phi) is 6.19. The fraction of sp³-hybridized carbons (Fsp3) is 0.412. The van der Waals surface area contributed by atoms with Gasteiger partial charge in [-0.2, -0.15) is 13.2 Å². The van der Waals surface area contributed by atoms with E-state index in [0.717, 1.165) is 19.0 Å². The molecular weight excluding hydrogens is 331 g/mol. The molecule has 2 N–H and O–H groups in total. The van der Waals surface area contributed by atoms with Crippen molar-refractivity contribution >= 4 is 17.3 Å². The zero-order chi connectivity index (χ0) is 18.4. The Morgan fingerprint density at radius 1 is 1.08 bits per heavy atom. The van der Waals surface area contributed by atoms with E-state index in [2.05, 4.69) is 25.5 Å². The van der Waals surface area contributed by atoms with Gasteiger partial charge in [0, 0.05) is 12.6 Å². The fourth-order valence-electron chi connectivity index (χ4n) is 2.31. The summed E-state index contributed by atoms with van der Waals surface area (Å²) in [6, 6.07) is 6.93. The van der Waals surface area contributed by atoms with E-state index in [9.17, 15) is 13.2 Å². The predicted molar refractivity (Wildman–Crippen MR) is 93.2 cm³/mol. The average Bonchev–Trinajstić information content (AvgIpc) is 2.50. The molecule has 136 valence electrons. The van der Waals surface area contributed by atoms with Gasteiger partial charge in [0.2, 0.25) is 0 Å². The molecule has 0 spiro atoms. The van der Waals surface area contributed by atoms with Crippen LogP contribution in [0.3, 0.4) is 0 Å². The third kappa shape index (κ3) is 5.90. The highest BCUT2D eigenvalue weighted by Gasteiger charge is 2.33. The Balaban J connectivity index is 2.13. The molecule has 0 bridgehead atoms. The van der Waals surface area contributed by atoms with Crippen molar-refractivity contribution in [3.63, 3.8) is 0 Å². The SMILES string of the molecule is Cc1nc(NCCCN(C)C)cc(Nc2ccccc2C(F)(F)F)n1. The van der Waals surface area contributed by atoms with E-state index >= 15 is 0 Å². The topological polar surface area (TPSA) is 53.1 Å². The van der Waals surface area contributed by atoms with Gasteiger partial charge in [-0.05, 0) is 46.1 Å². The molecule has 2 rings (SSSR count). The number of alkyl halides is 3. The number of rotatable bonds is 7. The Hall–Kier alpha value is -2.35. The van der Waals surface area contributed by atoms with Crippen molar-refractivity contribution in [1.82, 2.24) is 14.9 Å². The number of halogens is 3. The molecule has 2 aromatic rings. The number of nitrogens with zero attached hydrogens (tertiary/aromatic N) is 3. The number of hydrogen-bond acceptors (Lipinski definition) is 5. The van der Waals surface area contributed by atoms with Crippen molar-refractivity contribution in [1.29, 1.82) is 0 Å². The van der Waals surface area contributed by atoms with Crippen molar-refractivity contribution in [2.45, 2.75) is 19.5 Å². The van der Waals surface area contributed by atoms with Gasteiger partial charge in [0.05, 0.1) is 11.3 Å². The van der Waals surface area contributed by atoms with E-state index in [1.165, 1.54) is 12.1 Å². The van der Waals surface area contributed by atoms with Gasteiger partial charge in [0.25, 0.3) is 0 Å². The van der Waals surface area contributed by atoms with Crippen molar-refractivity contribution < 1.29 is 13.2 Å². The van der Waals surface area contributed by atoms with E-state index in [1.807, 2.05) is 14.1 Å². The van der Waals surface area contributed by atoms with Gasteiger partial charge in [-0.15, -0.1) is 0 Å². The second kappa shape index (κ2) is 8.15. The molecule has 5 nitrogen and oxygen atoms in total. The summed E-state index contributed by atoms with van der Waals surface area (Å²) in [7, 11) is 3.99. The highest BCUT2D eigenvalue weighted by molar-refractivity contribution is 5.63. The number of aryl methyl sites for hydroxylation is 1. The van der Waals surface area contributed by atoms with Crippen molar-refractivity contribution in [2.24, 2.45) is 0 Å². The number of nitrogens with one attached hydrogen (secondary N) is 2. The van der Waals surface area contributed by atoms with Crippen LogP contribution in [0.15, 0.2) is 30.3 Å². The van der Waals surface area contributed by atoms with Crippen LogP contribution in [0.2, 0.25) is 0 Å². The zero-order valence-corrected chi connectivity index (χ0v) is 14.5. The standard InChI is InChI=1S/C17H22F3N5/c1-12-22-15(21-9-6-10-25(2)3)11-16(23-12)24-14-8-5-4-7-13(14)17(18,19)20/h4-5,7-8,11H,6,9-10H2,1-3H3,(H2,21,22,23,24). The lowest BCUT2D eigenvalue weighted by atomic mass is 10.1. The molecule has 0 aliphatic rings. The van der Waals surface area contributed by atoms with Crippen LogP contribution in [0.4, 0.5) is 30.5 Å². The normalized spacial score (nSPS) is 11.6. The predicted octanol–water partition coefficient (Wildman–Crippen LogP) is 3.91. The third-order valence-electron chi connectivity index (χ3n) is 3.42. The number of hydrogen-bond donors (Lipinski definition) is 2. The molecule has 25 heavy (non-hydrogen) atoms. The van der Waals surface area contributed by atoms with E-state index in [-0.39, 0.29) is 5.69 Å². The van der Waals surface area contributed by atoms with Crippen LogP contribution in [-0.4, -0.2) is 42.1 Å². The summed E-state index contributed by atoms with van der Waals surface area (Å²) >= 11 is 0. The number of anilines is 3. The first kappa shape index (κ1) is 19.0. The summed E-state index contributed by atoms with van der Waals surface area (Å²) in [5.41, 5.74) is -0.765. The largest absolute Gasteiger partial charge is 0.418 e. The van der Waals surface area contributed by atoms with Crippen LogP contribution in [-0.2, 0) is 6.18 Å². The van der Waals surface area contributed by atoms with E-state index in [1.54, 1.807) is 19.1 Å². The van der Waals surface area contributed by atoms with E-state index in [0.29, 0.717) is 24.0 Å². The number of aromatic nitrogens is 2. The summed E-state index contributed by atoms with van der Waals surface area (Å²) in [4.78, 5) is 10.5. The van der Waals surface area contributed by atoms with Gasteiger partial charge < -0.3 is 15.5 Å². The molecule has 0 aliphatic carbocycles. The third-order valence-corrected chi connectivity index (χ3v) is 3.42. The number of para-hydroxylation sites is 1. The minimum absolute atomic E-state index is 0.0355. The number of benzene rings is 1. The quantitative estimate of drug-likeness (QED) is 0.739.